The van der Waals surface area contributed by atoms with E-state index in [4.69, 9.17) is 30.0 Å². The van der Waals surface area contributed by atoms with Crippen LogP contribution in [0.4, 0.5) is 0 Å². The topological polar surface area (TPSA) is 86.6 Å². The number of aliphatic hydroxyl groups is 2. The van der Waals surface area contributed by atoms with Crippen LogP contribution in [0.5, 0.6) is 0 Å². The van der Waals surface area contributed by atoms with Crippen molar-refractivity contribution < 1.29 is 33.6 Å². The molecule has 0 aromatic heterocycles. The first kappa shape index (κ1) is 39.4. The Bertz CT molecular complexity index is 1600. The predicted molar refractivity (Wildman–Crippen MR) is 211 cm³/mol. The van der Waals surface area contributed by atoms with Crippen molar-refractivity contribution in [2.45, 2.75) is 178 Å². The highest BCUT2D eigenvalue weighted by Gasteiger charge is 2.80. The Kier molecular flexibility index (Phi) is 10.4. The Hall–Kier alpha value is -1.88. The van der Waals surface area contributed by atoms with Crippen LogP contribution >= 0.6 is 0 Å². The van der Waals surface area contributed by atoms with E-state index in [9.17, 15) is 10.2 Å². The molecule has 0 radical (unpaired) electrons. The minimum Gasteiger partial charge on any atom is -0.408 e. The van der Waals surface area contributed by atoms with Gasteiger partial charge in [-0.3, -0.25) is 0 Å². The van der Waals surface area contributed by atoms with E-state index >= 15 is 0 Å². The van der Waals surface area contributed by atoms with Gasteiger partial charge in [-0.25, -0.2) is 0 Å². The van der Waals surface area contributed by atoms with Crippen molar-refractivity contribution >= 4 is 8.32 Å². The summed E-state index contributed by atoms with van der Waals surface area (Å²) in [6, 6.07) is 20.4. The summed E-state index contributed by atoms with van der Waals surface area (Å²) in [6.07, 6.45) is 6.00. The minimum atomic E-state index is -2.49. The van der Waals surface area contributed by atoms with Crippen molar-refractivity contribution in [2.24, 2.45) is 16.7 Å². The second kappa shape index (κ2) is 13.9. The van der Waals surface area contributed by atoms with Crippen LogP contribution in [0.25, 0.3) is 0 Å². The van der Waals surface area contributed by atoms with Crippen LogP contribution < -0.4 is 0 Å². The van der Waals surface area contributed by atoms with Crippen molar-refractivity contribution in [1.82, 2.24) is 0 Å². The van der Waals surface area contributed by atoms with Gasteiger partial charge in [0.2, 0.25) is 0 Å². The van der Waals surface area contributed by atoms with E-state index in [0.29, 0.717) is 25.0 Å². The fourth-order valence-corrected chi connectivity index (χ4v) is 15.2. The molecule has 2 aromatic carbocycles. The second-order valence-electron chi connectivity index (χ2n) is 19.1. The molecule has 4 saturated carbocycles. The predicted octanol–water partition coefficient (Wildman–Crippen LogP) is 9.26. The van der Waals surface area contributed by atoms with Gasteiger partial charge in [0.1, 0.15) is 11.7 Å². The van der Waals surface area contributed by atoms with Gasteiger partial charge in [-0.15, -0.1) is 0 Å². The van der Waals surface area contributed by atoms with Gasteiger partial charge in [-0.1, -0.05) is 126 Å². The summed E-state index contributed by atoms with van der Waals surface area (Å²) >= 11 is 0. The number of hydrogen-bond donors (Lipinski definition) is 2. The molecule has 1 heterocycles. The average Bonchev–Trinajstić information content (AvgIpc) is 3.12. The molecule has 1 saturated heterocycles. The Morgan fingerprint density at radius 3 is 1.91 bits per heavy atom. The first-order valence-electron chi connectivity index (χ1n) is 20.4. The van der Waals surface area contributed by atoms with E-state index in [1.165, 1.54) is 19.3 Å². The lowest BCUT2D eigenvalue weighted by Gasteiger charge is -2.74. The Balaban J connectivity index is 1.49. The third-order valence-electron chi connectivity index (χ3n) is 14.8. The maximum atomic E-state index is 14.1. The van der Waals surface area contributed by atoms with Gasteiger partial charge < -0.3 is 33.6 Å². The van der Waals surface area contributed by atoms with Crippen LogP contribution in [0.1, 0.15) is 110 Å². The SMILES string of the molecule is C=C1CC[C@@H]2OC(C)(C)O[C@@H]3[C@H](OCc4ccccc4)[C@]4(O)C(C)(C)[C@@](O[Si](C)(C)C5CCCCC5)(CC[C@@]4(C)O)[C@@H](OCc4ccccc4)[C@H]1[C@@]23C. The molecule has 7 rings (SSSR count). The van der Waals surface area contributed by atoms with Crippen molar-refractivity contribution in [2.75, 3.05) is 0 Å². The lowest BCUT2D eigenvalue weighted by atomic mass is 9.41. The number of fused-ring (bicyclic) bond motifs is 2. The fourth-order valence-electron chi connectivity index (χ4n) is 11.8. The van der Waals surface area contributed by atoms with Crippen molar-refractivity contribution in [3.8, 4) is 0 Å². The molecule has 2 aromatic rings. The minimum absolute atomic E-state index is 0.242. The highest BCUT2D eigenvalue weighted by atomic mass is 28.4. The summed E-state index contributed by atoms with van der Waals surface area (Å²) in [5, 5.41) is 27.0. The molecule has 2 N–H and O–H groups in total. The third-order valence-corrected chi connectivity index (χ3v) is 18.3. The third kappa shape index (κ3) is 6.36. The Labute approximate surface area is 319 Å². The van der Waals surface area contributed by atoms with Gasteiger partial charge in [0.05, 0.1) is 42.7 Å². The lowest BCUT2D eigenvalue weighted by molar-refractivity contribution is -0.426. The van der Waals surface area contributed by atoms with E-state index < -0.39 is 60.0 Å². The standard InChI is InChI=1S/C45H66O7Si/c1-31-25-26-35-43(7)36(31)37(48-29-32-19-13-10-14-20-32)44(52-53(8,9)34-23-17-12-18-24-34)28-27-42(6,46)45(47,40(44,2)3)39(38(43)51-41(4,5)50-35)49-30-33-21-15-11-16-22-33/h10-11,13-16,19-22,34-39,46-47H,1,12,17-18,23-30H2,2-9H3/t35-,36-,37-,38+,39-,42+,43+,44+,45-/m0/s1. The number of hydrogen-bond acceptors (Lipinski definition) is 7. The maximum absolute atomic E-state index is 14.1. The Morgan fingerprint density at radius 1 is 0.755 bits per heavy atom. The van der Waals surface area contributed by atoms with Gasteiger partial charge in [0.15, 0.2) is 14.1 Å². The number of ether oxygens (including phenoxy) is 4. The zero-order valence-corrected chi connectivity index (χ0v) is 34.7. The summed E-state index contributed by atoms with van der Waals surface area (Å²) in [5.74, 6) is -1.21. The van der Waals surface area contributed by atoms with Crippen LogP contribution in [0, 0.1) is 16.7 Å². The van der Waals surface area contributed by atoms with Crippen LogP contribution in [-0.2, 0) is 36.6 Å². The molecule has 4 aliphatic carbocycles. The van der Waals surface area contributed by atoms with E-state index in [-0.39, 0.29) is 18.6 Å². The van der Waals surface area contributed by atoms with Crippen molar-refractivity contribution in [3.63, 3.8) is 0 Å². The number of rotatable bonds is 9. The van der Waals surface area contributed by atoms with E-state index in [1.807, 2.05) is 50.2 Å². The number of benzene rings is 2. The summed E-state index contributed by atoms with van der Waals surface area (Å²) in [4.78, 5) is 0. The van der Waals surface area contributed by atoms with E-state index in [1.54, 1.807) is 6.92 Å². The maximum Gasteiger partial charge on any atom is 0.190 e. The van der Waals surface area contributed by atoms with Gasteiger partial charge in [0, 0.05) is 16.7 Å². The quantitative estimate of drug-likeness (QED) is 0.196. The summed E-state index contributed by atoms with van der Waals surface area (Å²) in [6.45, 7) is 22.4. The van der Waals surface area contributed by atoms with E-state index in [0.717, 1.165) is 42.4 Å². The lowest BCUT2D eigenvalue weighted by Crippen LogP contribution is -2.86. The molecule has 0 amide bonds. The zero-order chi connectivity index (χ0) is 38.1. The molecular weight excluding hydrogens is 681 g/mol. The highest BCUT2D eigenvalue weighted by molar-refractivity contribution is 6.72. The van der Waals surface area contributed by atoms with Crippen LogP contribution in [0.2, 0.25) is 18.6 Å². The molecule has 9 atom stereocenters. The molecule has 7 nitrogen and oxygen atoms in total. The van der Waals surface area contributed by atoms with Crippen LogP contribution in [-0.4, -0.2) is 65.5 Å². The Morgan fingerprint density at radius 2 is 1.32 bits per heavy atom. The smallest absolute Gasteiger partial charge is 0.190 e. The highest BCUT2D eigenvalue weighted by Crippen LogP contribution is 2.69. The summed E-state index contributed by atoms with van der Waals surface area (Å²) in [7, 11) is -2.49. The van der Waals surface area contributed by atoms with Crippen molar-refractivity contribution in [3.05, 3.63) is 83.9 Å². The molecule has 292 valence electrons. The van der Waals surface area contributed by atoms with Gasteiger partial charge >= 0.3 is 0 Å². The summed E-state index contributed by atoms with van der Waals surface area (Å²) in [5.41, 5.74) is -2.62. The fraction of sp³-hybridized carbons (Fsp3) is 0.689. The first-order valence-corrected chi connectivity index (χ1v) is 23.4. The first-order chi connectivity index (χ1) is 24.9. The van der Waals surface area contributed by atoms with Gasteiger partial charge in [0.25, 0.3) is 0 Å². The molecule has 0 spiro atoms. The molecule has 0 unspecified atom stereocenters. The van der Waals surface area contributed by atoms with Gasteiger partial charge in [-0.2, -0.15) is 0 Å². The van der Waals surface area contributed by atoms with Crippen LogP contribution in [0.3, 0.4) is 0 Å². The molecule has 5 fully saturated rings. The molecular formula is C45H66O7Si. The second-order valence-corrected chi connectivity index (χ2v) is 23.3. The average molecular weight is 747 g/mol. The van der Waals surface area contributed by atoms with E-state index in [2.05, 4.69) is 58.1 Å². The molecule has 8 heteroatoms. The van der Waals surface area contributed by atoms with Crippen molar-refractivity contribution in [1.29, 1.82) is 0 Å². The largest absolute Gasteiger partial charge is 0.408 e. The molecule has 2 bridgehead atoms. The zero-order valence-electron chi connectivity index (χ0n) is 33.7. The molecule has 5 aliphatic rings. The normalized spacial score (nSPS) is 39.8. The van der Waals surface area contributed by atoms with Gasteiger partial charge in [-0.05, 0) is 76.2 Å². The molecule has 1 aliphatic heterocycles. The summed E-state index contributed by atoms with van der Waals surface area (Å²) < 4.78 is 36.7. The monoisotopic (exact) mass is 746 g/mol. The van der Waals surface area contributed by atoms with Crippen LogP contribution in [0.15, 0.2) is 72.8 Å². The molecule has 53 heavy (non-hydrogen) atoms.